The number of ether oxygens (including phenoxy) is 2. The number of phenolic OH excluding ortho intramolecular Hbond substituents is 1. The molecular formula is C23H22ClNO4. The Balaban J connectivity index is 1.81. The molecule has 0 aliphatic carbocycles. The molecule has 6 heteroatoms. The van der Waals surface area contributed by atoms with Crippen LogP contribution in [0.2, 0.25) is 5.02 Å². The molecule has 0 unspecified atom stereocenters. The summed E-state index contributed by atoms with van der Waals surface area (Å²) in [7, 11) is 0. The van der Waals surface area contributed by atoms with Crippen molar-refractivity contribution < 1.29 is 19.4 Å². The van der Waals surface area contributed by atoms with Crippen LogP contribution < -0.4 is 14.8 Å². The highest BCUT2D eigenvalue weighted by Crippen LogP contribution is 2.37. The van der Waals surface area contributed by atoms with Gasteiger partial charge in [-0.25, -0.2) is 0 Å². The minimum Gasteiger partial charge on any atom is -0.508 e. The number of carbonyl (C=O) groups excluding carboxylic acids is 1. The Morgan fingerprint density at radius 1 is 1.07 bits per heavy atom. The fourth-order valence-corrected chi connectivity index (χ4v) is 2.99. The molecule has 0 atom stereocenters. The van der Waals surface area contributed by atoms with Gasteiger partial charge in [-0.2, -0.15) is 0 Å². The van der Waals surface area contributed by atoms with Crippen molar-refractivity contribution in [2.45, 2.75) is 20.5 Å². The minimum atomic E-state index is -0.372. The first-order valence-electron chi connectivity index (χ1n) is 9.21. The van der Waals surface area contributed by atoms with Gasteiger partial charge < -0.3 is 19.9 Å². The largest absolute Gasteiger partial charge is 0.508 e. The number of anilines is 1. The molecule has 2 N–H and O–H groups in total. The molecule has 3 rings (SSSR count). The second-order valence-corrected chi connectivity index (χ2v) is 6.90. The van der Waals surface area contributed by atoms with Crippen LogP contribution in [0.15, 0.2) is 60.7 Å². The molecule has 0 saturated carbocycles. The van der Waals surface area contributed by atoms with Gasteiger partial charge in [0.1, 0.15) is 12.4 Å². The fourth-order valence-electron chi connectivity index (χ4n) is 2.73. The van der Waals surface area contributed by atoms with Crippen molar-refractivity contribution in [3.05, 3.63) is 82.4 Å². The first-order chi connectivity index (χ1) is 14.0. The highest BCUT2D eigenvalue weighted by molar-refractivity contribution is 6.32. The molecule has 0 spiro atoms. The van der Waals surface area contributed by atoms with E-state index in [0.29, 0.717) is 36.0 Å². The average Bonchev–Trinajstić information content (AvgIpc) is 2.68. The number of phenols is 1. The number of amides is 1. The zero-order chi connectivity index (χ0) is 20.8. The molecular weight excluding hydrogens is 390 g/mol. The number of rotatable bonds is 7. The summed E-state index contributed by atoms with van der Waals surface area (Å²) < 4.78 is 11.5. The molecule has 0 saturated heterocycles. The lowest BCUT2D eigenvalue weighted by Crippen LogP contribution is -2.12. The maximum Gasteiger partial charge on any atom is 0.255 e. The van der Waals surface area contributed by atoms with E-state index in [2.05, 4.69) is 5.32 Å². The topological polar surface area (TPSA) is 67.8 Å². The molecule has 0 aliphatic heterocycles. The van der Waals surface area contributed by atoms with E-state index in [-0.39, 0.29) is 16.7 Å². The van der Waals surface area contributed by atoms with Gasteiger partial charge in [-0.1, -0.05) is 47.5 Å². The maximum absolute atomic E-state index is 12.6. The van der Waals surface area contributed by atoms with E-state index in [1.807, 2.05) is 38.1 Å². The van der Waals surface area contributed by atoms with E-state index < -0.39 is 0 Å². The summed E-state index contributed by atoms with van der Waals surface area (Å²) in [6, 6.07) is 17.4. The molecule has 5 nitrogen and oxygen atoms in total. The van der Waals surface area contributed by atoms with Gasteiger partial charge in [0.25, 0.3) is 5.91 Å². The summed E-state index contributed by atoms with van der Waals surface area (Å²) in [4.78, 5) is 12.6. The van der Waals surface area contributed by atoms with Crippen molar-refractivity contribution in [3.63, 3.8) is 0 Å². The minimum absolute atomic E-state index is 0.0655. The zero-order valence-corrected chi connectivity index (χ0v) is 17.0. The molecule has 3 aromatic carbocycles. The van der Waals surface area contributed by atoms with E-state index in [1.54, 1.807) is 18.2 Å². The van der Waals surface area contributed by atoms with Gasteiger partial charge in [-0.05, 0) is 43.7 Å². The smallest absolute Gasteiger partial charge is 0.255 e. The van der Waals surface area contributed by atoms with Crippen LogP contribution in [0.5, 0.6) is 17.2 Å². The fraction of sp³-hybridized carbons (Fsp3) is 0.174. The average molecular weight is 412 g/mol. The van der Waals surface area contributed by atoms with E-state index >= 15 is 0 Å². The number of hydrogen-bond acceptors (Lipinski definition) is 4. The van der Waals surface area contributed by atoms with E-state index in [9.17, 15) is 9.90 Å². The van der Waals surface area contributed by atoms with Gasteiger partial charge in [0.2, 0.25) is 0 Å². The number of aromatic hydroxyl groups is 1. The normalized spacial score (nSPS) is 10.4. The highest BCUT2D eigenvalue weighted by atomic mass is 35.5. The monoisotopic (exact) mass is 411 g/mol. The van der Waals surface area contributed by atoms with Gasteiger partial charge in [0.15, 0.2) is 11.5 Å². The molecule has 0 bridgehead atoms. The predicted octanol–water partition coefficient (Wildman–Crippen LogP) is 5.58. The third-order valence-electron chi connectivity index (χ3n) is 4.18. The molecule has 29 heavy (non-hydrogen) atoms. The number of carbonyl (C=O) groups is 1. The summed E-state index contributed by atoms with van der Waals surface area (Å²) in [6.45, 7) is 4.59. The SMILES string of the molecule is CCOc1cc(C(=O)Nc2cccc(O)c2)cc(Cl)c1OCc1ccc(C)cc1. The number of benzene rings is 3. The summed E-state index contributed by atoms with van der Waals surface area (Å²) in [5.74, 6) is 0.482. The Hall–Kier alpha value is -3.18. The Labute approximate surface area is 174 Å². The Bertz CT molecular complexity index is 1000. The van der Waals surface area contributed by atoms with Crippen molar-refractivity contribution in [2.75, 3.05) is 11.9 Å². The molecule has 0 fully saturated rings. The predicted molar refractivity (Wildman–Crippen MR) is 114 cm³/mol. The van der Waals surface area contributed by atoms with Crippen LogP contribution in [0.4, 0.5) is 5.69 Å². The second-order valence-electron chi connectivity index (χ2n) is 6.50. The molecule has 0 aliphatic rings. The van der Waals surface area contributed by atoms with Gasteiger partial charge in [0.05, 0.1) is 11.6 Å². The van der Waals surface area contributed by atoms with Crippen molar-refractivity contribution in [2.24, 2.45) is 0 Å². The first-order valence-corrected chi connectivity index (χ1v) is 9.59. The van der Waals surface area contributed by atoms with Gasteiger partial charge >= 0.3 is 0 Å². The number of nitrogens with one attached hydrogen (secondary N) is 1. The quantitative estimate of drug-likeness (QED) is 0.532. The van der Waals surface area contributed by atoms with E-state index in [1.165, 1.54) is 23.8 Å². The highest BCUT2D eigenvalue weighted by Gasteiger charge is 2.17. The number of hydrogen-bond donors (Lipinski definition) is 2. The van der Waals surface area contributed by atoms with E-state index in [4.69, 9.17) is 21.1 Å². The first kappa shape index (κ1) is 20.6. The zero-order valence-electron chi connectivity index (χ0n) is 16.2. The summed E-state index contributed by atoms with van der Waals surface area (Å²) in [6.07, 6.45) is 0. The van der Waals surface area contributed by atoms with Gasteiger partial charge in [-0.15, -0.1) is 0 Å². The molecule has 0 radical (unpaired) electrons. The Morgan fingerprint density at radius 2 is 1.83 bits per heavy atom. The van der Waals surface area contributed by atoms with Gasteiger partial charge in [0, 0.05) is 17.3 Å². The van der Waals surface area contributed by atoms with Crippen LogP contribution in [0.1, 0.15) is 28.4 Å². The summed E-state index contributed by atoms with van der Waals surface area (Å²) in [5, 5.41) is 12.6. The third kappa shape index (κ3) is 5.42. The van der Waals surface area contributed by atoms with Crippen LogP contribution >= 0.6 is 11.6 Å². The van der Waals surface area contributed by atoms with E-state index in [0.717, 1.165) is 5.56 Å². The lowest BCUT2D eigenvalue weighted by Gasteiger charge is -2.15. The van der Waals surface area contributed by atoms with Crippen molar-refractivity contribution in [3.8, 4) is 17.2 Å². The van der Waals surface area contributed by atoms with Crippen LogP contribution in [0, 0.1) is 6.92 Å². The lowest BCUT2D eigenvalue weighted by molar-refractivity contribution is 0.102. The third-order valence-corrected chi connectivity index (χ3v) is 4.46. The molecule has 0 aromatic heterocycles. The maximum atomic E-state index is 12.6. The molecule has 3 aromatic rings. The van der Waals surface area contributed by atoms with Crippen LogP contribution in [-0.2, 0) is 6.61 Å². The van der Waals surface area contributed by atoms with Crippen LogP contribution in [-0.4, -0.2) is 17.6 Å². The Kier molecular flexibility index (Phi) is 6.62. The summed E-state index contributed by atoms with van der Waals surface area (Å²) >= 11 is 6.41. The van der Waals surface area contributed by atoms with Crippen molar-refractivity contribution in [1.82, 2.24) is 0 Å². The summed E-state index contributed by atoms with van der Waals surface area (Å²) in [5.41, 5.74) is 2.97. The van der Waals surface area contributed by atoms with Crippen LogP contribution in [0.3, 0.4) is 0 Å². The molecule has 0 heterocycles. The number of halogens is 1. The second kappa shape index (κ2) is 9.34. The lowest BCUT2D eigenvalue weighted by atomic mass is 10.1. The van der Waals surface area contributed by atoms with Crippen molar-refractivity contribution >= 4 is 23.2 Å². The van der Waals surface area contributed by atoms with Crippen LogP contribution in [0.25, 0.3) is 0 Å². The van der Waals surface area contributed by atoms with Crippen molar-refractivity contribution in [1.29, 1.82) is 0 Å². The molecule has 1 amide bonds. The number of aryl methyl sites for hydroxylation is 1. The van der Waals surface area contributed by atoms with Gasteiger partial charge in [-0.3, -0.25) is 4.79 Å². The molecule has 150 valence electrons. The standard InChI is InChI=1S/C23H22ClNO4/c1-3-28-21-12-17(23(27)25-18-5-4-6-19(26)13-18)11-20(24)22(21)29-14-16-9-7-15(2)8-10-16/h4-13,26H,3,14H2,1-2H3,(H,25,27). The Morgan fingerprint density at radius 3 is 2.52 bits per heavy atom.